The van der Waals surface area contributed by atoms with Crippen LogP contribution < -0.4 is 10.6 Å². The third-order valence-corrected chi connectivity index (χ3v) is 7.60. The molecule has 1 unspecified atom stereocenters. The van der Waals surface area contributed by atoms with Gasteiger partial charge in [-0.15, -0.1) is 0 Å². The molecular weight excluding hydrogens is 414 g/mol. The van der Waals surface area contributed by atoms with Gasteiger partial charge >= 0.3 is 0 Å². The van der Waals surface area contributed by atoms with E-state index in [1.165, 1.54) is 12.8 Å². The molecule has 1 aromatic carbocycles. The molecule has 0 radical (unpaired) electrons. The number of hydrogen-bond acceptors (Lipinski definition) is 4. The second-order valence-electron chi connectivity index (χ2n) is 9.44. The molecule has 2 N–H and O–H groups in total. The van der Waals surface area contributed by atoms with Gasteiger partial charge < -0.3 is 15.4 Å². The van der Waals surface area contributed by atoms with Crippen LogP contribution in [0.4, 0.5) is 0 Å². The van der Waals surface area contributed by atoms with Crippen molar-refractivity contribution < 1.29 is 14.3 Å². The van der Waals surface area contributed by atoms with Crippen LogP contribution in [0, 0.1) is 0 Å². The Bertz CT molecular complexity index is 773. The molecule has 1 saturated carbocycles. The predicted molar refractivity (Wildman–Crippen MR) is 121 cm³/mol. The van der Waals surface area contributed by atoms with Crippen LogP contribution in [0.15, 0.2) is 24.3 Å². The number of hydrogen-bond donors (Lipinski definition) is 2. The highest BCUT2D eigenvalue weighted by molar-refractivity contribution is 6.30. The zero-order valence-corrected chi connectivity index (χ0v) is 19.0. The molecule has 3 aliphatic rings. The lowest BCUT2D eigenvalue weighted by Crippen LogP contribution is -2.57. The standard InChI is InChI=1S/C24H34ClN3O3/c25-20-5-3-19(4-6-20)17-23(12-8-22(30)27-23)11-7-21(29)26-18-24(9-1-2-10-24)28-13-15-31-16-14-28/h3-6H,1-2,7-18H2,(H,26,29)(H,27,30). The molecule has 2 aliphatic heterocycles. The molecule has 0 bridgehead atoms. The Morgan fingerprint density at radius 3 is 2.48 bits per heavy atom. The van der Waals surface area contributed by atoms with Gasteiger partial charge in [-0.2, -0.15) is 0 Å². The minimum atomic E-state index is -0.350. The molecular formula is C24H34ClN3O3. The molecule has 2 amide bonds. The summed E-state index contributed by atoms with van der Waals surface area (Å²) in [6.45, 7) is 4.17. The van der Waals surface area contributed by atoms with Gasteiger partial charge in [-0.05, 0) is 49.8 Å². The summed E-state index contributed by atoms with van der Waals surface area (Å²) in [6, 6.07) is 7.75. The summed E-state index contributed by atoms with van der Waals surface area (Å²) in [4.78, 5) is 27.4. The van der Waals surface area contributed by atoms with Crippen molar-refractivity contribution >= 4 is 23.4 Å². The molecule has 0 aromatic heterocycles. The number of nitrogens with zero attached hydrogens (tertiary/aromatic N) is 1. The van der Waals surface area contributed by atoms with Crippen molar-refractivity contribution in [3.05, 3.63) is 34.9 Å². The van der Waals surface area contributed by atoms with E-state index in [9.17, 15) is 9.59 Å². The first kappa shape index (κ1) is 22.6. The number of amides is 2. The van der Waals surface area contributed by atoms with Crippen LogP contribution in [-0.2, 0) is 20.7 Å². The fourth-order valence-electron chi connectivity index (χ4n) is 5.55. The fraction of sp³-hybridized carbons (Fsp3) is 0.667. The molecule has 1 aromatic rings. The summed E-state index contributed by atoms with van der Waals surface area (Å²) in [5.41, 5.74) is 0.865. The van der Waals surface area contributed by atoms with Crippen LogP contribution in [0.1, 0.15) is 56.9 Å². The highest BCUT2D eigenvalue weighted by atomic mass is 35.5. The molecule has 6 nitrogen and oxygen atoms in total. The van der Waals surface area contributed by atoms with E-state index in [4.69, 9.17) is 16.3 Å². The highest BCUT2D eigenvalue weighted by Crippen LogP contribution is 2.35. The lowest BCUT2D eigenvalue weighted by atomic mass is 9.85. The first-order valence-corrected chi connectivity index (χ1v) is 12.0. The van der Waals surface area contributed by atoms with Gasteiger partial charge in [0.05, 0.1) is 13.2 Å². The zero-order valence-electron chi connectivity index (χ0n) is 18.3. The van der Waals surface area contributed by atoms with E-state index in [0.717, 1.165) is 57.6 Å². The second kappa shape index (κ2) is 9.88. The molecule has 7 heteroatoms. The summed E-state index contributed by atoms with van der Waals surface area (Å²) in [5.74, 6) is 0.155. The quantitative estimate of drug-likeness (QED) is 0.642. The number of benzene rings is 1. The molecule has 2 heterocycles. The number of morpholine rings is 1. The molecule has 4 rings (SSSR count). The molecule has 1 atom stereocenters. The summed E-state index contributed by atoms with van der Waals surface area (Å²) < 4.78 is 5.53. The van der Waals surface area contributed by atoms with Gasteiger partial charge in [0.1, 0.15) is 0 Å². The lowest BCUT2D eigenvalue weighted by Gasteiger charge is -2.43. The van der Waals surface area contributed by atoms with Gasteiger partial charge in [-0.1, -0.05) is 36.6 Å². The van der Waals surface area contributed by atoms with Crippen molar-refractivity contribution in [2.75, 3.05) is 32.8 Å². The van der Waals surface area contributed by atoms with E-state index >= 15 is 0 Å². The van der Waals surface area contributed by atoms with Crippen LogP contribution in [0.2, 0.25) is 5.02 Å². The average molecular weight is 448 g/mol. The normalized spacial score (nSPS) is 26.0. The second-order valence-corrected chi connectivity index (χ2v) is 9.88. The van der Waals surface area contributed by atoms with Crippen LogP contribution in [-0.4, -0.2) is 60.6 Å². The van der Waals surface area contributed by atoms with Crippen molar-refractivity contribution in [3.8, 4) is 0 Å². The van der Waals surface area contributed by atoms with Gasteiger partial charge in [-0.25, -0.2) is 0 Å². The van der Waals surface area contributed by atoms with E-state index in [2.05, 4.69) is 15.5 Å². The molecule has 2 saturated heterocycles. The minimum Gasteiger partial charge on any atom is -0.379 e. The third kappa shape index (κ3) is 5.60. The van der Waals surface area contributed by atoms with E-state index in [1.54, 1.807) is 0 Å². The summed E-state index contributed by atoms with van der Waals surface area (Å²) in [5, 5.41) is 7.11. The van der Waals surface area contributed by atoms with Gasteiger partial charge in [0.15, 0.2) is 0 Å². The first-order chi connectivity index (χ1) is 15.0. The molecule has 1 aliphatic carbocycles. The number of halogens is 1. The fourth-order valence-corrected chi connectivity index (χ4v) is 5.68. The van der Waals surface area contributed by atoms with E-state index in [-0.39, 0.29) is 22.9 Å². The third-order valence-electron chi connectivity index (χ3n) is 7.35. The topological polar surface area (TPSA) is 70.7 Å². The van der Waals surface area contributed by atoms with Crippen molar-refractivity contribution in [1.82, 2.24) is 15.5 Å². The van der Waals surface area contributed by atoms with Crippen LogP contribution >= 0.6 is 11.6 Å². The maximum absolute atomic E-state index is 12.8. The Kier molecular flexibility index (Phi) is 7.19. The predicted octanol–water partition coefficient (Wildman–Crippen LogP) is 3.07. The van der Waals surface area contributed by atoms with Crippen molar-refractivity contribution in [2.45, 2.75) is 68.9 Å². The lowest BCUT2D eigenvalue weighted by molar-refractivity contribution is -0.123. The van der Waals surface area contributed by atoms with Gasteiger partial charge in [0.25, 0.3) is 0 Å². The van der Waals surface area contributed by atoms with E-state index < -0.39 is 0 Å². The summed E-state index contributed by atoms with van der Waals surface area (Å²) in [6.07, 6.45) is 7.82. The number of carbonyl (C=O) groups excluding carboxylic acids is 2. The maximum atomic E-state index is 12.8. The molecule has 3 fully saturated rings. The summed E-state index contributed by atoms with van der Waals surface area (Å²) >= 11 is 6.01. The Hall–Kier alpha value is -1.63. The minimum absolute atomic E-state index is 0.0756. The Balaban J connectivity index is 1.33. The smallest absolute Gasteiger partial charge is 0.220 e. The van der Waals surface area contributed by atoms with E-state index in [1.807, 2.05) is 24.3 Å². The van der Waals surface area contributed by atoms with Gasteiger partial charge in [0, 0.05) is 48.6 Å². The number of ether oxygens (including phenoxy) is 1. The van der Waals surface area contributed by atoms with Gasteiger partial charge in [0.2, 0.25) is 11.8 Å². The monoisotopic (exact) mass is 447 g/mol. The maximum Gasteiger partial charge on any atom is 0.220 e. The largest absolute Gasteiger partial charge is 0.379 e. The van der Waals surface area contributed by atoms with Crippen LogP contribution in [0.5, 0.6) is 0 Å². The van der Waals surface area contributed by atoms with Crippen molar-refractivity contribution in [2.24, 2.45) is 0 Å². The Labute approximate surface area is 190 Å². The summed E-state index contributed by atoms with van der Waals surface area (Å²) in [7, 11) is 0. The number of carbonyl (C=O) groups is 2. The number of rotatable bonds is 8. The number of nitrogens with one attached hydrogen (secondary N) is 2. The van der Waals surface area contributed by atoms with Crippen molar-refractivity contribution in [3.63, 3.8) is 0 Å². The van der Waals surface area contributed by atoms with Gasteiger partial charge in [-0.3, -0.25) is 14.5 Å². The zero-order chi connectivity index (χ0) is 21.7. The molecule has 0 spiro atoms. The average Bonchev–Trinajstić information content (AvgIpc) is 3.41. The highest BCUT2D eigenvalue weighted by Gasteiger charge is 2.41. The molecule has 31 heavy (non-hydrogen) atoms. The molecule has 170 valence electrons. The van der Waals surface area contributed by atoms with Crippen molar-refractivity contribution in [1.29, 1.82) is 0 Å². The van der Waals surface area contributed by atoms with Crippen LogP contribution in [0.25, 0.3) is 0 Å². The van der Waals surface area contributed by atoms with Crippen LogP contribution in [0.3, 0.4) is 0 Å². The Morgan fingerprint density at radius 2 is 1.84 bits per heavy atom. The van der Waals surface area contributed by atoms with E-state index in [0.29, 0.717) is 30.8 Å². The first-order valence-electron chi connectivity index (χ1n) is 11.6. The Morgan fingerprint density at radius 1 is 1.13 bits per heavy atom. The SMILES string of the molecule is O=C(CCC1(Cc2ccc(Cl)cc2)CCC(=O)N1)NCC1(N2CCOCC2)CCCC1.